The van der Waals surface area contributed by atoms with E-state index >= 15 is 0 Å². The van der Waals surface area contributed by atoms with Crippen molar-refractivity contribution in [1.82, 2.24) is 4.90 Å². The summed E-state index contributed by atoms with van der Waals surface area (Å²) in [6.07, 6.45) is 3.48. The van der Waals surface area contributed by atoms with E-state index in [0.717, 1.165) is 25.9 Å². The summed E-state index contributed by atoms with van der Waals surface area (Å²) in [5, 5.41) is 0. The molecule has 0 bridgehead atoms. The topological polar surface area (TPSA) is 49.9 Å². The van der Waals surface area contributed by atoms with Crippen molar-refractivity contribution in [2.24, 2.45) is 0 Å². The predicted octanol–water partition coefficient (Wildman–Crippen LogP) is 3.21. The number of carbonyl (C=O) groups excluding carboxylic acids is 2. The molecule has 4 rings (SSSR count). The average molecular weight is 366 g/mol. The SMILES string of the molecule is O=C(CN1C(=O)C(=Cc2cccc(F)c2)Oc2ccccc21)N1CCCC1. The van der Waals surface area contributed by atoms with E-state index in [-0.39, 0.29) is 18.2 Å². The molecule has 2 aliphatic rings. The van der Waals surface area contributed by atoms with E-state index in [1.807, 2.05) is 0 Å². The molecule has 0 aliphatic carbocycles. The number of amides is 2. The lowest BCUT2D eigenvalue weighted by Crippen LogP contribution is -2.45. The monoisotopic (exact) mass is 366 g/mol. The van der Waals surface area contributed by atoms with E-state index in [1.165, 1.54) is 23.1 Å². The molecule has 1 saturated heterocycles. The van der Waals surface area contributed by atoms with E-state index in [2.05, 4.69) is 0 Å². The Balaban J connectivity index is 1.66. The van der Waals surface area contributed by atoms with Gasteiger partial charge in [0.2, 0.25) is 5.91 Å². The van der Waals surface area contributed by atoms with Gasteiger partial charge in [-0.3, -0.25) is 14.5 Å². The summed E-state index contributed by atoms with van der Waals surface area (Å²) >= 11 is 0. The second kappa shape index (κ2) is 7.23. The van der Waals surface area contributed by atoms with Crippen LogP contribution in [0.2, 0.25) is 0 Å². The molecule has 0 radical (unpaired) electrons. The number of benzene rings is 2. The molecule has 0 unspecified atom stereocenters. The van der Waals surface area contributed by atoms with Gasteiger partial charge in [-0.15, -0.1) is 0 Å². The third kappa shape index (κ3) is 3.56. The summed E-state index contributed by atoms with van der Waals surface area (Å²) in [4.78, 5) is 28.8. The van der Waals surface area contributed by atoms with E-state index in [9.17, 15) is 14.0 Å². The van der Waals surface area contributed by atoms with Crippen LogP contribution in [0.5, 0.6) is 5.75 Å². The number of likely N-dealkylation sites (tertiary alicyclic amines) is 1. The largest absolute Gasteiger partial charge is 0.449 e. The molecule has 0 N–H and O–H groups in total. The zero-order chi connectivity index (χ0) is 18.8. The van der Waals surface area contributed by atoms with Gasteiger partial charge in [-0.1, -0.05) is 24.3 Å². The third-order valence-electron chi connectivity index (χ3n) is 4.73. The Hall–Kier alpha value is -3.15. The van der Waals surface area contributed by atoms with Crippen LogP contribution in [0, 0.1) is 5.82 Å². The number of hydrogen-bond donors (Lipinski definition) is 0. The van der Waals surface area contributed by atoms with Crippen LogP contribution in [0.25, 0.3) is 6.08 Å². The number of nitrogens with zero attached hydrogens (tertiary/aromatic N) is 2. The van der Waals surface area contributed by atoms with E-state index < -0.39 is 11.7 Å². The highest BCUT2D eigenvalue weighted by Gasteiger charge is 2.33. The van der Waals surface area contributed by atoms with Crippen LogP contribution in [0.1, 0.15) is 18.4 Å². The first-order valence-corrected chi connectivity index (χ1v) is 8.95. The molecule has 138 valence electrons. The lowest BCUT2D eigenvalue weighted by atomic mass is 10.1. The molecule has 2 heterocycles. The van der Waals surface area contributed by atoms with Gasteiger partial charge in [0.1, 0.15) is 12.4 Å². The maximum absolute atomic E-state index is 13.5. The molecule has 27 heavy (non-hydrogen) atoms. The number of para-hydroxylation sites is 2. The minimum absolute atomic E-state index is 0.0420. The first kappa shape index (κ1) is 17.3. The third-order valence-corrected chi connectivity index (χ3v) is 4.73. The molecular weight excluding hydrogens is 347 g/mol. The van der Waals surface area contributed by atoms with Crippen molar-refractivity contribution in [2.45, 2.75) is 12.8 Å². The number of carbonyl (C=O) groups is 2. The Morgan fingerprint density at radius 3 is 2.67 bits per heavy atom. The Kier molecular flexibility index (Phi) is 4.62. The number of rotatable bonds is 3. The maximum Gasteiger partial charge on any atom is 0.294 e. The maximum atomic E-state index is 13.5. The molecule has 2 aromatic carbocycles. The van der Waals surface area contributed by atoms with Crippen molar-refractivity contribution in [3.63, 3.8) is 0 Å². The van der Waals surface area contributed by atoms with Crippen molar-refractivity contribution >= 4 is 23.6 Å². The van der Waals surface area contributed by atoms with Gasteiger partial charge in [-0.25, -0.2) is 4.39 Å². The number of halogens is 1. The van der Waals surface area contributed by atoms with Crippen LogP contribution in [-0.2, 0) is 9.59 Å². The van der Waals surface area contributed by atoms with Gasteiger partial charge in [-0.2, -0.15) is 0 Å². The van der Waals surface area contributed by atoms with Gasteiger partial charge in [0.15, 0.2) is 11.5 Å². The summed E-state index contributed by atoms with van der Waals surface area (Å²) in [5.74, 6) is -0.329. The van der Waals surface area contributed by atoms with Crippen LogP contribution in [0.3, 0.4) is 0 Å². The molecule has 1 fully saturated rings. The van der Waals surface area contributed by atoms with E-state index in [0.29, 0.717) is 17.0 Å². The van der Waals surface area contributed by atoms with Gasteiger partial charge in [0.25, 0.3) is 5.91 Å². The minimum Gasteiger partial charge on any atom is -0.449 e. The Bertz CT molecular complexity index is 919. The van der Waals surface area contributed by atoms with Crippen molar-refractivity contribution < 1.29 is 18.7 Å². The minimum atomic E-state index is -0.412. The van der Waals surface area contributed by atoms with Crippen molar-refractivity contribution in [3.05, 3.63) is 65.7 Å². The van der Waals surface area contributed by atoms with Crippen LogP contribution in [0.4, 0.5) is 10.1 Å². The lowest BCUT2D eigenvalue weighted by molar-refractivity contribution is -0.130. The first-order chi connectivity index (χ1) is 13.1. The van der Waals surface area contributed by atoms with Crippen molar-refractivity contribution in [2.75, 3.05) is 24.5 Å². The van der Waals surface area contributed by atoms with Gasteiger partial charge in [0, 0.05) is 13.1 Å². The summed E-state index contributed by atoms with van der Waals surface area (Å²) in [6.45, 7) is 1.41. The number of fused-ring (bicyclic) bond motifs is 1. The highest BCUT2D eigenvalue weighted by molar-refractivity contribution is 6.12. The molecule has 5 nitrogen and oxygen atoms in total. The number of anilines is 1. The number of ether oxygens (including phenoxy) is 1. The fourth-order valence-corrected chi connectivity index (χ4v) is 3.37. The molecule has 0 atom stereocenters. The standard InChI is InChI=1S/C21H19FN2O3/c22-16-7-5-6-15(12-16)13-19-21(26)24(14-20(25)23-10-3-4-11-23)17-8-1-2-9-18(17)27-19/h1-2,5-9,12-13H,3-4,10-11,14H2. The van der Waals surface area contributed by atoms with Crippen LogP contribution >= 0.6 is 0 Å². The zero-order valence-corrected chi connectivity index (χ0v) is 14.7. The Morgan fingerprint density at radius 1 is 1.11 bits per heavy atom. The van der Waals surface area contributed by atoms with Crippen molar-refractivity contribution in [3.8, 4) is 5.75 Å². The van der Waals surface area contributed by atoms with E-state index in [4.69, 9.17) is 4.74 Å². The molecule has 2 aliphatic heterocycles. The molecular formula is C21H19FN2O3. The van der Waals surface area contributed by atoms with Gasteiger partial charge in [0.05, 0.1) is 5.69 Å². The Labute approximate surface area is 156 Å². The normalized spacial score (nSPS) is 17.8. The van der Waals surface area contributed by atoms with Gasteiger partial charge < -0.3 is 9.64 Å². The Morgan fingerprint density at radius 2 is 1.89 bits per heavy atom. The fourth-order valence-electron chi connectivity index (χ4n) is 3.37. The van der Waals surface area contributed by atoms with Gasteiger partial charge >= 0.3 is 0 Å². The molecule has 0 spiro atoms. The molecule has 0 saturated carbocycles. The quantitative estimate of drug-likeness (QED) is 0.784. The zero-order valence-electron chi connectivity index (χ0n) is 14.7. The predicted molar refractivity (Wildman–Crippen MR) is 99.6 cm³/mol. The van der Waals surface area contributed by atoms with Crippen molar-refractivity contribution in [1.29, 1.82) is 0 Å². The molecule has 2 aromatic rings. The fraction of sp³-hybridized carbons (Fsp3) is 0.238. The highest BCUT2D eigenvalue weighted by atomic mass is 19.1. The summed E-state index contributed by atoms with van der Waals surface area (Å²) in [7, 11) is 0. The van der Waals surface area contributed by atoms with E-state index in [1.54, 1.807) is 41.3 Å². The highest BCUT2D eigenvalue weighted by Crippen LogP contribution is 2.35. The van der Waals surface area contributed by atoms with Gasteiger partial charge in [-0.05, 0) is 48.7 Å². The smallest absolute Gasteiger partial charge is 0.294 e. The number of hydrogen-bond acceptors (Lipinski definition) is 3. The second-order valence-corrected chi connectivity index (χ2v) is 6.61. The van der Waals surface area contributed by atoms with Crippen LogP contribution in [0.15, 0.2) is 54.3 Å². The molecule has 0 aromatic heterocycles. The van der Waals surface area contributed by atoms with Crippen LogP contribution in [-0.4, -0.2) is 36.3 Å². The first-order valence-electron chi connectivity index (χ1n) is 8.95. The van der Waals surface area contributed by atoms with Crippen LogP contribution < -0.4 is 9.64 Å². The molecule has 6 heteroatoms. The summed E-state index contributed by atoms with van der Waals surface area (Å²) in [6, 6.07) is 13.0. The molecule has 2 amide bonds. The average Bonchev–Trinajstić information content (AvgIpc) is 3.20. The summed E-state index contributed by atoms with van der Waals surface area (Å²) < 4.78 is 19.2. The second-order valence-electron chi connectivity index (χ2n) is 6.61. The summed E-state index contributed by atoms with van der Waals surface area (Å²) in [5.41, 5.74) is 1.08. The lowest BCUT2D eigenvalue weighted by Gasteiger charge is -2.31.